The molecular weight excluding hydrogens is 358 g/mol. The van der Waals surface area contributed by atoms with E-state index >= 15 is 0 Å². The number of hydrogen-bond acceptors (Lipinski definition) is 2. The van der Waals surface area contributed by atoms with E-state index in [0.29, 0.717) is 0 Å². The molecule has 0 atom stereocenters. The van der Waals surface area contributed by atoms with Gasteiger partial charge in [-0.15, -0.1) is 0 Å². The van der Waals surface area contributed by atoms with Crippen LogP contribution < -0.4 is 4.74 Å². The lowest BCUT2D eigenvalue weighted by Crippen LogP contribution is -1.93. The van der Waals surface area contributed by atoms with Gasteiger partial charge in [-0.3, -0.25) is 4.40 Å². The Morgan fingerprint density at radius 3 is 2.14 bits per heavy atom. The van der Waals surface area contributed by atoms with E-state index in [-0.39, 0.29) is 0 Å². The summed E-state index contributed by atoms with van der Waals surface area (Å²) in [5.41, 5.74) is 6.70. The van der Waals surface area contributed by atoms with Crippen LogP contribution in [0.2, 0.25) is 0 Å². The molecule has 4 heteroatoms. The number of rotatable bonds is 4. The second-order valence-electron chi connectivity index (χ2n) is 7.08. The normalized spacial score (nSPS) is 11.1. The van der Waals surface area contributed by atoms with Crippen LogP contribution in [0.25, 0.3) is 39.4 Å². The van der Waals surface area contributed by atoms with Gasteiger partial charge >= 0.3 is 0 Å². The Hall–Kier alpha value is -3.79. The number of fused-ring (bicyclic) bond motifs is 1. The highest BCUT2D eigenvalue weighted by Crippen LogP contribution is 2.28. The highest BCUT2D eigenvalue weighted by Gasteiger charge is 2.13. The second kappa shape index (κ2) is 6.99. The first-order valence-electron chi connectivity index (χ1n) is 9.57. The van der Waals surface area contributed by atoms with Gasteiger partial charge in [0.1, 0.15) is 5.75 Å². The van der Waals surface area contributed by atoms with Gasteiger partial charge in [-0.05, 0) is 23.3 Å². The molecule has 0 aliphatic heterocycles. The summed E-state index contributed by atoms with van der Waals surface area (Å²) in [6, 6.07) is 27.1. The number of hydrogen-bond donors (Lipinski definition) is 0. The van der Waals surface area contributed by atoms with E-state index in [1.54, 1.807) is 7.11 Å². The summed E-state index contributed by atoms with van der Waals surface area (Å²) in [6.45, 7) is 0. The molecule has 0 saturated carbocycles. The molecule has 0 spiro atoms. The van der Waals surface area contributed by atoms with Gasteiger partial charge in [0.2, 0.25) is 5.78 Å². The molecule has 0 aliphatic rings. The predicted molar refractivity (Wildman–Crippen MR) is 117 cm³/mol. The van der Waals surface area contributed by atoms with Crippen LogP contribution in [0.4, 0.5) is 0 Å². The van der Waals surface area contributed by atoms with Gasteiger partial charge in [0, 0.05) is 30.6 Å². The fraction of sp³-hybridized carbons (Fsp3) is 0.0800. The van der Waals surface area contributed by atoms with Crippen molar-refractivity contribution in [2.45, 2.75) is 0 Å². The van der Waals surface area contributed by atoms with Gasteiger partial charge in [-0.1, -0.05) is 66.7 Å². The van der Waals surface area contributed by atoms with Crippen molar-refractivity contribution in [3.05, 3.63) is 91.3 Å². The average molecular weight is 379 g/mol. The lowest BCUT2D eigenvalue weighted by molar-refractivity contribution is 0.415. The maximum atomic E-state index is 5.36. The number of imidazole rings is 2. The molecule has 0 radical (unpaired) electrons. The smallest absolute Gasteiger partial charge is 0.214 e. The van der Waals surface area contributed by atoms with Crippen molar-refractivity contribution >= 4 is 5.78 Å². The zero-order valence-electron chi connectivity index (χ0n) is 16.4. The molecule has 4 nitrogen and oxygen atoms in total. The lowest BCUT2D eigenvalue weighted by Gasteiger charge is -2.05. The van der Waals surface area contributed by atoms with E-state index in [2.05, 4.69) is 76.0 Å². The summed E-state index contributed by atoms with van der Waals surface area (Å²) in [7, 11) is 3.73. The first-order valence-corrected chi connectivity index (χ1v) is 9.57. The minimum absolute atomic E-state index is 0.848. The molecule has 0 aliphatic carbocycles. The van der Waals surface area contributed by atoms with Gasteiger partial charge in [-0.25, -0.2) is 4.98 Å². The standard InChI is InChI=1S/C25H21N3O/c1-27-24(21-9-6-10-22(15-21)29-2)17-28-16-23(26-25(27)28)20-13-11-19(12-14-20)18-7-4-3-5-8-18/h3-17H,1-2H3. The third-order valence-corrected chi connectivity index (χ3v) is 5.29. The molecule has 0 bridgehead atoms. The Morgan fingerprint density at radius 2 is 1.41 bits per heavy atom. The Morgan fingerprint density at radius 1 is 0.724 bits per heavy atom. The van der Waals surface area contributed by atoms with Gasteiger partial charge in [0.15, 0.2) is 0 Å². The maximum Gasteiger partial charge on any atom is 0.214 e. The summed E-state index contributed by atoms with van der Waals surface area (Å²) < 4.78 is 9.54. The average Bonchev–Trinajstić information content (AvgIpc) is 3.34. The van der Waals surface area contributed by atoms with E-state index in [4.69, 9.17) is 9.72 Å². The van der Waals surface area contributed by atoms with Crippen LogP contribution in [-0.2, 0) is 7.05 Å². The van der Waals surface area contributed by atoms with Crippen molar-refractivity contribution in [3.8, 4) is 39.4 Å². The van der Waals surface area contributed by atoms with Crippen molar-refractivity contribution in [3.63, 3.8) is 0 Å². The van der Waals surface area contributed by atoms with E-state index in [9.17, 15) is 0 Å². The summed E-state index contributed by atoms with van der Waals surface area (Å²) >= 11 is 0. The third kappa shape index (κ3) is 3.09. The topological polar surface area (TPSA) is 31.5 Å². The maximum absolute atomic E-state index is 5.36. The molecule has 5 rings (SSSR count). The van der Waals surface area contributed by atoms with Crippen molar-refractivity contribution in [1.29, 1.82) is 0 Å². The minimum Gasteiger partial charge on any atom is -0.497 e. The largest absolute Gasteiger partial charge is 0.497 e. The van der Waals surface area contributed by atoms with Crippen LogP contribution in [0.3, 0.4) is 0 Å². The van der Waals surface area contributed by atoms with Gasteiger partial charge < -0.3 is 9.30 Å². The van der Waals surface area contributed by atoms with E-state index < -0.39 is 0 Å². The minimum atomic E-state index is 0.848. The Labute approximate surface area is 169 Å². The Balaban J connectivity index is 1.49. The number of aromatic nitrogens is 3. The van der Waals surface area contributed by atoms with E-state index in [1.165, 1.54) is 11.1 Å². The zero-order chi connectivity index (χ0) is 19.8. The monoisotopic (exact) mass is 379 g/mol. The predicted octanol–water partition coefficient (Wildman–Crippen LogP) is 5.68. The summed E-state index contributed by atoms with van der Waals surface area (Å²) in [5.74, 6) is 1.76. The first-order chi connectivity index (χ1) is 14.2. The fourth-order valence-corrected chi connectivity index (χ4v) is 3.71. The van der Waals surface area contributed by atoms with Gasteiger partial charge in [-0.2, -0.15) is 0 Å². The van der Waals surface area contributed by atoms with Crippen LogP contribution in [0.1, 0.15) is 0 Å². The molecule has 0 fully saturated rings. The van der Waals surface area contributed by atoms with Crippen molar-refractivity contribution in [2.24, 2.45) is 7.05 Å². The van der Waals surface area contributed by atoms with Crippen LogP contribution in [0, 0.1) is 0 Å². The SMILES string of the molecule is COc1cccc(-c2cn3cc(-c4ccc(-c5ccccc5)cc4)nc3n2C)c1. The molecule has 0 saturated heterocycles. The van der Waals surface area contributed by atoms with Crippen molar-refractivity contribution < 1.29 is 4.74 Å². The second-order valence-corrected chi connectivity index (χ2v) is 7.08. The number of methoxy groups -OCH3 is 1. The van der Waals surface area contributed by atoms with Crippen LogP contribution in [-0.4, -0.2) is 21.1 Å². The third-order valence-electron chi connectivity index (χ3n) is 5.29. The van der Waals surface area contributed by atoms with E-state index in [0.717, 1.165) is 34.0 Å². The van der Waals surface area contributed by atoms with E-state index in [1.807, 2.05) is 31.3 Å². The molecule has 2 aromatic heterocycles. The Kier molecular flexibility index (Phi) is 4.17. The van der Waals surface area contributed by atoms with Crippen LogP contribution in [0.5, 0.6) is 5.75 Å². The molecule has 3 aromatic carbocycles. The summed E-state index contributed by atoms with van der Waals surface area (Å²) in [5, 5.41) is 0. The highest BCUT2D eigenvalue weighted by molar-refractivity contribution is 5.71. The molecule has 5 aromatic rings. The molecule has 0 N–H and O–H groups in total. The molecule has 2 heterocycles. The number of benzene rings is 3. The van der Waals surface area contributed by atoms with Crippen LogP contribution >= 0.6 is 0 Å². The van der Waals surface area contributed by atoms with Crippen molar-refractivity contribution in [2.75, 3.05) is 7.11 Å². The van der Waals surface area contributed by atoms with Gasteiger partial charge in [0.05, 0.1) is 18.5 Å². The van der Waals surface area contributed by atoms with Crippen LogP contribution in [0.15, 0.2) is 91.3 Å². The molecule has 29 heavy (non-hydrogen) atoms. The highest BCUT2D eigenvalue weighted by atomic mass is 16.5. The fourth-order valence-electron chi connectivity index (χ4n) is 3.71. The molecule has 0 unspecified atom stereocenters. The first kappa shape index (κ1) is 17.3. The molecule has 0 amide bonds. The molecule has 142 valence electrons. The Bertz CT molecular complexity index is 1280. The molecular formula is C25H21N3O. The number of aryl methyl sites for hydroxylation is 1. The quantitative estimate of drug-likeness (QED) is 0.402. The zero-order valence-corrected chi connectivity index (χ0v) is 16.4. The summed E-state index contributed by atoms with van der Waals surface area (Å²) in [6.07, 6.45) is 4.19. The number of ether oxygens (including phenoxy) is 1. The lowest BCUT2D eigenvalue weighted by atomic mass is 10.0. The van der Waals surface area contributed by atoms with Crippen molar-refractivity contribution in [1.82, 2.24) is 14.0 Å². The van der Waals surface area contributed by atoms with Gasteiger partial charge in [0.25, 0.3) is 0 Å². The summed E-state index contributed by atoms with van der Waals surface area (Å²) in [4.78, 5) is 4.87. The number of nitrogens with zero attached hydrogens (tertiary/aromatic N) is 3.